The summed E-state index contributed by atoms with van der Waals surface area (Å²) in [6, 6.07) is 4.71. The highest BCUT2D eigenvalue weighted by Gasteiger charge is 2.16. The Morgan fingerprint density at radius 2 is 2.25 bits per heavy atom. The second-order valence-electron chi connectivity index (χ2n) is 3.31. The number of benzene rings is 1. The van der Waals surface area contributed by atoms with Crippen LogP contribution in [0.15, 0.2) is 27.1 Å². The van der Waals surface area contributed by atoms with Gasteiger partial charge in [0.25, 0.3) is 6.01 Å². The number of halogens is 2. The summed E-state index contributed by atoms with van der Waals surface area (Å²) in [4.78, 5) is 4.01. The van der Waals surface area contributed by atoms with Crippen molar-refractivity contribution in [1.82, 2.24) is 4.98 Å². The first kappa shape index (κ1) is 11.1. The summed E-state index contributed by atoms with van der Waals surface area (Å²) in [7, 11) is 0. The molecule has 0 amide bonds. The molecular weight excluding hydrogens is 275 g/mol. The number of nitrogens with two attached hydrogens (primary N) is 1. The van der Waals surface area contributed by atoms with Crippen molar-refractivity contribution in [1.29, 1.82) is 0 Å². The lowest BCUT2D eigenvalue weighted by molar-refractivity contribution is 0.578. The molecule has 0 atom stereocenters. The summed E-state index contributed by atoms with van der Waals surface area (Å²) in [5.74, 6) is 0.0489. The van der Waals surface area contributed by atoms with E-state index in [1.807, 2.05) is 6.92 Å². The Labute approximate surface area is 101 Å². The van der Waals surface area contributed by atoms with E-state index < -0.39 is 0 Å². The van der Waals surface area contributed by atoms with Gasteiger partial charge in [0.05, 0.1) is 11.3 Å². The van der Waals surface area contributed by atoms with Gasteiger partial charge in [-0.3, -0.25) is 0 Å². The molecule has 0 saturated carbocycles. The molecule has 5 heteroatoms. The lowest BCUT2D eigenvalue weighted by Gasteiger charge is -2.01. The van der Waals surface area contributed by atoms with Gasteiger partial charge in [-0.05, 0) is 24.6 Å². The Kier molecular flexibility index (Phi) is 2.96. The molecule has 84 valence electrons. The lowest BCUT2D eigenvalue weighted by Crippen LogP contribution is -1.88. The van der Waals surface area contributed by atoms with Crippen LogP contribution in [0.2, 0.25) is 0 Å². The molecule has 2 rings (SSSR count). The SMILES string of the molecule is CCc1nc(N)oc1-c1cc(Br)ccc1F. The van der Waals surface area contributed by atoms with Gasteiger partial charge in [0.2, 0.25) is 0 Å². The Morgan fingerprint density at radius 3 is 2.94 bits per heavy atom. The number of nitrogens with zero attached hydrogens (tertiary/aromatic N) is 1. The summed E-state index contributed by atoms with van der Waals surface area (Å²) < 4.78 is 19.6. The zero-order valence-electron chi connectivity index (χ0n) is 8.63. The molecule has 0 radical (unpaired) electrons. The van der Waals surface area contributed by atoms with E-state index in [0.29, 0.717) is 23.4 Å². The molecule has 1 heterocycles. The first-order chi connectivity index (χ1) is 7.61. The molecular formula is C11H10BrFN2O. The van der Waals surface area contributed by atoms with Gasteiger partial charge in [-0.25, -0.2) is 4.39 Å². The third kappa shape index (κ3) is 1.95. The highest BCUT2D eigenvalue weighted by Crippen LogP contribution is 2.30. The molecule has 0 aliphatic rings. The van der Waals surface area contributed by atoms with Gasteiger partial charge < -0.3 is 10.2 Å². The second kappa shape index (κ2) is 4.25. The number of anilines is 1. The van der Waals surface area contributed by atoms with Gasteiger partial charge in [-0.15, -0.1) is 0 Å². The molecule has 2 aromatic rings. The molecule has 16 heavy (non-hydrogen) atoms. The molecule has 0 spiro atoms. The molecule has 1 aromatic heterocycles. The number of aryl methyl sites for hydroxylation is 1. The summed E-state index contributed by atoms with van der Waals surface area (Å²) in [6.45, 7) is 1.91. The maximum Gasteiger partial charge on any atom is 0.292 e. The quantitative estimate of drug-likeness (QED) is 0.920. The Morgan fingerprint density at radius 1 is 1.50 bits per heavy atom. The summed E-state index contributed by atoms with van der Waals surface area (Å²) in [6.07, 6.45) is 0.641. The van der Waals surface area contributed by atoms with Crippen LogP contribution in [-0.4, -0.2) is 4.98 Å². The normalized spacial score (nSPS) is 10.7. The number of hydrogen-bond acceptors (Lipinski definition) is 3. The van der Waals surface area contributed by atoms with Gasteiger partial charge in [-0.2, -0.15) is 4.98 Å². The van der Waals surface area contributed by atoms with Gasteiger partial charge in [0, 0.05) is 4.47 Å². The van der Waals surface area contributed by atoms with Crippen LogP contribution in [0.1, 0.15) is 12.6 Å². The summed E-state index contributed by atoms with van der Waals surface area (Å²) in [5.41, 5.74) is 6.50. The van der Waals surface area contributed by atoms with Crippen LogP contribution in [0.3, 0.4) is 0 Å². The topological polar surface area (TPSA) is 52.0 Å². The van der Waals surface area contributed by atoms with Crippen LogP contribution in [0.25, 0.3) is 11.3 Å². The molecule has 0 unspecified atom stereocenters. The van der Waals surface area contributed by atoms with Crippen LogP contribution in [0.5, 0.6) is 0 Å². The molecule has 3 nitrogen and oxygen atoms in total. The van der Waals surface area contributed by atoms with Crippen LogP contribution in [0.4, 0.5) is 10.4 Å². The maximum atomic E-state index is 13.6. The van der Waals surface area contributed by atoms with Crippen molar-refractivity contribution < 1.29 is 8.81 Å². The number of oxazole rings is 1. The first-order valence-electron chi connectivity index (χ1n) is 4.82. The Hall–Kier alpha value is -1.36. The molecule has 2 N–H and O–H groups in total. The average molecular weight is 285 g/mol. The zero-order valence-corrected chi connectivity index (χ0v) is 10.2. The lowest BCUT2D eigenvalue weighted by atomic mass is 10.1. The average Bonchev–Trinajstić information content (AvgIpc) is 2.63. The predicted molar refractivity (Wildman–Crippen MR) is 63.4 cm³/mol. The number of aromatic nitrogens is 1. The summed E-state index contributed by atoms with van der Waals surface area (Å²) >= 11 is 3.29. The van der Waals surface area contributed by atoms with Crippen LogP contribution in [0, 0.1) is 5.82 Å². The van der Waals surface area contributed by atoms with E-state index in [0.717, 1.165) is 4.47 Å². The first-order valence-corrected chi connectivity index (χ1v) is 5.61. The van der Waals surface area contributed by atoms with E-state index in [4.69, 9.17) is 10.2 Å². The fourth-order valence-electron chi connectivity index (χ4n) is 1.49. The van der Waals surface area contributed by atoms with E-state index in [2.05, 4.69) is 20.9 Å². The molecule has 1 aromatic carbocycles. The Balaban J connectivity index is 2.61. The van der Waals surface area contributed by atoms with Crippen molar-refractivity contribution in [2.75, 3.05) is 5.73 Å². The van der Waals surface area contributed by atoms with Crippen molar-refractivity contribution in [3.8, 4) is 11.3 Å². The largest absolute Gasteiger partial charge is 0.423 e. The monoisotopic (exact) mass is 284 g/mol. The van der Waals surface area contributed by atoms with E-state index in [9.17, 15) is 4.39 Å². The van der Waals surface area contributed by atoms with Gasteiger partial charge >= 0.3 is 0 Å². The Bertz CT molecular complexity index is 525. The van der Waals surface area contributed by atoms with Crippen LogP contribution >= 0.6 is 15.9 Å². The zero-order chi connectivity index (χ0) is 11.7. The van der Waals surface area contributed by atoms with Gasteiger partial charge in [0.1, 0.15) is 5.82 Å². The van der Waals surface area contributed by atoms with E-state index in [-0.39, 0.29) is 11.8 Å². The molecule has 0 saturated heterocycles. The van der Waals surface area contributed by atoms with Crippen molar-refractivity contribution in [3.05, 3.63) is 34.2 Å². The molecule has 0 fully saturated rings. The summed E-state index contributed by atoms with van der Waals surface area (Å²) in [5, 5.41) is 0. The van der Waals surface area contributed by atoms with E-state index in [1.165, 1.54) is 6.07 Å². The van der Waals surface area contributed by atoms with Crippen molar-refractivity contribution in [2.45, 2.75) is 13.3 Å². The fourth-order valence-corrected chi connectivity index (χ4v) is 1.85. The number of nitrogen functional groups attached to an aromatic ring is 1. The van der Waals surface area contributed by atoms with Crippen molar-refractivity contribution >= 4 is 21.9 Å². The standard InChI is InChI=1S/C11H10BrFN2O/c1-2-9-10(16-11(14)15-9)7-5-6(12)3-4-8(7)13/h3-5H,2H2,1H3,(H2,14,15). The van der Waals surface area contributed by atoms with Crippen LogP contribution in [-0.2, 0) is 6.42 Å². The van der Waals surface area contributed by atoms with Gasteiger partial charge in [-0.1, -0.05) is 22.9 Å². The molecule has 0 bridgehead atoms. The highest BCUT2D eigenvalue weighted by molar-refractivity contribution is 9.10. The predicted octanol–water partition coefficient (Wildman–Crippen LogP) is 3.39. The van der Waals surface area contributed by atoms with E-state index in [1.54, 1.807) is 12.1 Å². The smallest absolute Gasteiger partial charge is 0.292 e. The maximum absolute atomic E-state index is 13.6. The minimum absolute atomic E-state index is 0.0613. The number of hydrogen-bond donors (Lipinski definition) is 1. The third-order valence-electron chi connectivity index (χ3n) is 2.22. The molecule has 0 aliphatic carbocycles. The minimum Gasteiger partial charge on any atom is -0.423 e. The fraction of sp³-hybridized carbons (Fsp3) is 0.182. The molecule has 0 aliphatic heterocycles. The third-order valence-corrected chi connectivity index (χ3v) is 2.72. The van der Waals surface area contributed by atoms with Gasteiger partial charge in [0.15, 0.2) is 5.76 Å². The number of rotatable bonds is 2. The van der Waals surface area contributed by atoms with Crippen molar-refractivity contribution in [3.63, 3.8) is 0 Å². The van der Waals surface area contributed by atoms with Crippen LogP contribution < -0.4 is 5.73 Å². The second-order valence-corrected chi connectivity index (χ2v) is 4.22. The minimum atomic E-state index is -0.353. The van der Waals surface area contributed by atoms with Crippen molar-refractivity contribution in [2.24, 2.45) is 0 Å². The highest BCUT2D eigenvalue weighted by atomic mass is 79.9. The van der Waals surface area contributed by atoms with E-state index >= 15 is 0 Å².